The largest absolute Gasteiger partial charge is 0.493 e. The van der Waals surface area contributed by atoms with Crippen molar-refractivity contribution in [1.29, 1.82) is 0 Å². The predicted molar refractivity (Wildman–Crippen MR) is 89.3 cm³/mol. The zero-order valence-electron chi connectivity index (χ0n) is 13.2. The Hall–Kier alpha value is -1.89. The third-order valence-electron chi connectivity index (χ3n) is 4.58. The van der Waals surface area contributed by atoms with Crippen molar-refractivity contribution in [3.8, 4) is 5.75 Å². The van der Waals surface area contributed by atoms with E-state index in [4.69, 9.17) is 9.57 Å². The monoisotopic (exact) mass is 345 g/mol. The number of sulfone groups is 1. The van der Waals surface area contributed by atoms with Gasteiger partial charge in [0.25, 0.3) is 0 Å². The van der Waals surface area contributed by atoms with Crippen LogP contribution < -0.4 is 4.74 Å². The fourth-order valence-corrected chi connectivity index (χ4v) is 4.59. The summed E-state index contributed by atoms with van der Waals surface area (Å²) < 4.78 is 30.8. The highest BCUT2D eigenvalue weighted by molar-refractivity contribution is 7.91. The summed E-state index contributed by atoms with van der Waals surface area (Å²) in [5.41, 5.74) is 1.07. The number of para-hydroxylation sites is 1. The number of rotatable bonds is 4. The molecular weight excluding hydrogens is 326 g/mol. The van der Waals surface area contributed by atoms with E-state index in [-0.39, 0.29) is 17.7 Å². The molecule has 5 nitrogen and oxygen atoms in total. The van der Waals surface area contributed by atoms with Crippen LogP contribution in [0.5, 0.6) is 5.75 Å². The van der Waals surface area contributed by atoms with Crippen molar-refractivity contribution in [3.05, 3.63) is 60.2 Å². The second-order valence-corrected chi connectivity index (χ2v) is 8.23. The number of hydroxylamine groups is 2. The van der Waals surface area contributed by atoms with Gasteiger partial charge >= 0.3 is 0 Å². The van der Waals surface area contributed by atoms with Gasteiger partial charge < -0.3 is 4.74 Å². The molecule has 0 aromatic heterocycles. The lowest BCUT2D eigenvalue weighted by Gasteiger charge is -2.31. The first-order valence-electron chi connectivity index (χ1n) is 8.04. The van der Waals surface area contributed by atoms with Gasteiger partial charge in [-0.25, -0.2) is 8.42 Å². The molecule has 2 aromatic rings. The van der Waals surface area contributed by atoms with Crippen LogP contribution in [0, 0.1) is 5.92 Å². The third kappa shape index (κ3) is 2.81. The van der Waals surface area contributed by atoms with Crippen LogP contribution in [0.1, 0.15) is 11.6 Å². The number of fused-ring (bicyclic) bond motifs is 3. The van der Waals surface area contributed by atoms with E-state index in [9.17, 15) is 8.42 Å². The Morgan fingerprint density at radius 1 is 1.00 bits per heavy atom. The predicted octanol–water partition coefficient (Wildman–Crippen LogP) is 2.46. The second kappa shape index (κ2) is 6.20. The maximum Gasteiger partial charge on any atom is 0.179 e. The van der Waals surface area contributed by atoms with Crippen molar-refractivity contribution >= 4 is 9.84 Å². The molecule has 2 aliphatic rings. The van der Waals surface area contributed by atoms with Gasteiger partial charge in [-0.05, 0) is 18.2 Å². The molecule has 1 saturated heterocycles. The standard InChI is InChI=1S/C18H19NO4S/c20-24(21,15-6-2-1-3-7-15)11-10-19-18-14(13-23-19)12-22-17-9-5-4-8-16(17)18/h1-9,14,18H,10-13H2/t14-,18+/m1/s1. The highest BCUT2D eigenvalue weighted by atomic mass is 32.2. The van der Waals surface area contributed by atoms with Crippen LogP contribution in [-0.4, -0.2) is 39.0 Å². The SMILES string of the molecule is O=S(=O)(CCN1OC[C@H]2COc3ccccc3[C@H]21)c1ccccc1. The highest BCUT2D eigenvalue weighted by Crippen LogP contribution is 2.43. The molecule has 0 amide bonds. The molecule has 126 valence electrons. The average molecular weight is 345 g/mol. The minimum absolute atomic E-state index is 0.0310. The maximum atomic E-state index is 12.5. The van der Waals surface area contributed by atoms with Crippen molar-refractivity contribution in [2.75, 3.05) is 25.5 Å². The summed E-state index contributed by atoms with van der Waals surface area (Å²) in [6, 6.07) is 16.5. The van der Waals surface area contributed by atoms with Crippen LogP contribution in [0.15, 0.2) is 59.5 Å². The van der Waals surface area contributed by atoms with Crippen molar-refractivity contribution < 1.29 is 18.0 Å². The number of nitrogens with zero attached hydrogens (tertiary/aromatic N) is 1. The van der Waals surface area contributed by atoms with Gasteiger partial charge in [0.2, 0.25) is 0 Å². The van der Waals surface area contributed by atoms with Crippen LogP contribution in [0.4, 0.5) is 0 Å². The van der Waals surface area contributed by atoms with E-state index in [1.165, 1.54) is 0 Å². The van der Waals surface area contributed by atoms with Gasteiger partial charge in [0, 0.05) is 18.0 Å². The Balaban J connectivity index is 1.52. The van der Waals surface area contributed by atoms with Crippen molar-refractivity contribution in [2.24, 2.45) is 5.92 Å². The molecule has 6 heteroatoms. The Morgan fingerprint density at radius 2 is 1.75 bits per heavy atom. The quantitative estimate of drug-likeness (QED) is 0.852. The van der Waals surface area contributed by atoms with Crippen molar-refractivity contribution in [1.82, 2.24) is 5.06 Å². The maximum absolute atomic E-state index is 12.5. The Morgan fingerprint density at radius 3 is 2.58 bits per heavy atom. The van der Waals surface area contributed by atoms with E-state index in [1.807, 2.05) is 35.4 Å². The van der Waals surface area contributed by atoms with E-state index in [0.29, 0.717) is 24.7 Å². The summed E-state index contributed by atoms with van der Waals surface area (Å²) in [7, 11) is -3.32. The van der Waals surface area contributed by atoms with Gasteiger partial charge in [-0.15, -0.1) is 0 Å². The number of hydrogen-bond donors (Lipinski definition) is 0. The fraction of sp³-hybridized carbons (Fsp3) is 0.333. The molecule has 0 aliphatic carbocycles. The molecule has 2 atom stereocenters. The zero-order chi connectivity index (χ0) is 16.6. The molecule has 24 heavy (non-hydrogen) atoms. The van der Waals surface area contributed by atoms with Gasteiger partial charge in [0.1, 0.15) is 5.75 Å². The zero-order valence-corrected chi connectivity index (χ0v) is 14.0. The molecule has 2 aromatic carbocycles. The van der Waals surface area contributed by atoms with Crippen LogP contribution in [-0.2, 0) is 14.7 Å². The van der Waals surface area contributed by atoms with E-state index >= 15 is 0 Å². The molecule has 0 spiro atoms. The van der Waals surface area contributed by atoms with E-state index in [0.717, 1.165) is 11.3 Å². The summed E-state index contributed by atoms with van der Waals surface area (Å²) in [6.07, 6.45) is 0. The summed E-state index contributed by atoms with van der Waals surface area (Å²) >= 11 is 0. The van der Waals surface area contributed by atoms with Crippen molar-refractivity contribution in [2.45, 2.75) is 10.9 Å². The number of hydrogen-bond acceptors (Lipinski definition) is 5. The number of benzene rings is 2. The highest BCUT2D eigenvalue weighted by Gasteiger charge is 2.41. The smallest absolute Gasteiger partial charge is 0.179 e. The van der Waals surface area contributed by atoms with Crippen LogP contribution in [0.3, 0.4) is 0 Å². The normalized spacial score (nSPS) is 23.3. The summed E-state index contributed by atoms with van der Waals surface area (Å²) in [4.78, 5) is 6.13. The van der Waals surface area contributed by atoms with Gasteiger partial charge in [-0.1, -0.05) is 36.4 Å². The number of ether oxygens (including phenoxy) is 1. The topological polar surface area (TPSA) is 55.8 Å². The van der Waals surface area contributed by atoms with Gasteiger partial charge in [0.15, 0.2) is 9.84 Å². The minimum Gasteiger partial charge on any atom is -0.493 e. The Kier molecular flexibility index (Phi) is 4.04. The van der Waals surface area contributed by atoms with Gasteiger partial charge in [0.05, 0.1) is 29.9 Å². The molecular formula is C18H19NO4S. The lowest BCUT2D eigenvalue weighted by Crippen LogP contribution is -2.33. The minimum atomic E-state index is -3.32. The van der Waals surface area contributed by atoms with E-state index in [2.05, 4.69) is 0 Å². The molecule has 0 bridgehead atoms. The summed E-state index contributed by atoms with van der Waals surface area (Å²) in [5, 5.41) is 1.81. The fourth-order valence-electron chi connectivity index (χ4n) is 3.36. The van der Waals surface area contributed by atoms with Crippen LogP contribution >= 0.6 is 0 Å². The first-order chi connectivity index (χ1) is 11.6. The van der Waals surface area contributed by atoms with Crippen LogP contribution in [0.25, 0.3) is 0 Å². The molecule has 4 rings (SSSR count). The lowest BCUT2D eigenvalue weighted by molar-refractivity contribution is -0.129. The molecule has 0 saturated carbocycles. The van der Waals surface area contributed by atoms with Gasteiger partial charge in [-0.3, -0.25) is 4.84 Å². The first kappa shape index (κ1) is 15.6. The molecule has 0 N–H and O–H groups in total. The van der Waals surface area contributed by atoms with E-state index < -0.39 is 9.84 Å². The summed E-state index contributed by atoms with van der Waals surface area (Å²) in [5.74, 6) is 1.13. The molecule has 0 radical (unpaired) electrons. The molecule has 0 unspecified atom stereocenters. The third-order valence-corrected chi connectivity index (χ3v) is 6.29. The Bertz CT molecular complexity index is 822. The molecule has 2 aliphatic heterocycles. The van der Waals surface area contributed by atoms with E-state index in [1.54, 1.807) is 24.3 Å². The van der Waals surface area contributed by atoms with Crippen LogP contribution in [0.2, 0.25) is 0 Å². The lowest BCUT2D eigenvalue weighted by atomic mass is 9.92. The average Bonchev–Trinajstić information content (AvgIpc) is 3.04. The Labute approximate surface area is 141 Å². The second-order valence-electron chi connectivity index (χ2n) is 6.12. The van der Waals surface area contributed by atoms with Gasteiger partial charge in [-0.2, -0.15) is 5.06 Å². The molecule has 2 heterocycles. The molecule has 1 fully saturated rings. The first-order valence-corrected chi connectivity index (χ1v) is 9.69. The summed E-state index contributed by atoms with van der Waals surface area (Å²) in [6.45, 7) is 1.50. The van der Waals surface area contributed by atoms with Crippen molar-refractivity contribution in [3.63, 3.8) is 0 Å².